The van der Waals surface area contributed by atoms with Crippen LogP contribution in [0, 0.1) is 0 Å². The highest BCUT2D eigenvalue weighted by Gasteiger charge is 2.17. The molecule has 0 radical (unpaired) electrons. The highest BCUT2D eigenvalue weighted by Crippen LogP contribution is 2.41. The highest BCUT2D eigenvalue weighted by molar-refractivity contribution is 6.14. The second kappa shape index (κ2) is 9.13. The monoisotopic (exact) mass is 504 g/mol. The molecule has 0 amide bonds. The Balaban J connectivity index is 1.41. The molecule has 0 N–H and O–H groups in total. The number of fused-ring (bicyclic) bond motifs is 6. The molecule has 0 spiro atoms. The lowest BCUT2D eigenvalue weighted by Gasteiger charge is -2.13. The average molecular weight is 505 g/mol. The molecule has 0 bridgehead atoms. The summed E-state index contributed by atoms with van der Waals surface area (Å²) in [5, 5.41) is 7.56. The summed E-state index contributed by atoms with van der Waals surface area (Å²) in [6.45, 7) is 9.02. The molecular weight excluding hydrogens is 472 g/mol. The van der Waals surface area contributed by atoms with Gasteiger partial charge in [0.15, 0.2) is 0 Å². The fraction of sp³-hybridized carbons (Fsp3) is 0.158. The van der Waals surface area contributed by atoms with Crippen molar-refractivity contribution in [3.8, 4) is 22.3 Å². The van der Waals surface area contributed by atoms with Crippen molar-refractivity contribution in [2.75, 3.05) is 0 Å². The van der Waals surface area contributed by atoms with Crippen LogP contribution in [0.15, 0.2) is 114 Å². The lowest BCUT2D eigenvalue weighted by molar-refractivity contribution is 0.669. The SMILES string of the molecule is CC(C)c1ccc2oc3c(-c4ccc(-c5cc6ccccc6c6ccccc56)cc4)cc(C(C)C)cc3c2c1. The molecule has 1 heterocycles. The summed E-state index contributed by atoms with van der Waals surface area (Å²) in [5.74, 6) is 0.903. The summed E-state index contributed by atoms with van der Waals surface area (Å²) >= 11 is 0. The van der Waals surface area contributed by atoms with Gasteiger partial charge in [-0.1, -0.05) is 107 Å². The number of furan rings is 1. The first-order chi connectivity index (χ1) is 19.0. The molecule has 6 aromatic carbocycles. The number of rotatable bonds is 4. The van der Waals surface area contributed by atoms with E-state index >= 15 is 0 Å². The maximum absolute atomic E-state index is 6.53. The molecule has 1 heteroatoms. The van der Waals surface area contributed by atoms with Crippen molar-refractivity contribution in [1.29, 1.82) is 0 Å². The van der Waals surface area contributed by atoms with Crippen molar-refractivity contribution in [3.05, 3.63) is 120 Å². The van der Waals surface area contributed by atoms with Gasteiger partial charge in [0.25, 0.3) is 0 Å². The minimum Gasteiger partial charge on any atom is -0.455 e. The van der Waals surface area contributed by atoms with Crippen LogP contribution in [0.4, 0.5) is 0 Å². The van der Waals surface area contributed by atoms with Gasteiger partial charge in [-0.2, -0.15) is 0 Å². The second-order valence-electron chi connectivity index (χ2n) is 11.4. The zero-order valence-electron chi connectivity index (χ0n) is 23.0. The molecule has 0 aliphatic heterocycles. The van der Waals surface area contributed by atoms with E-state index in [9.17, 15) is 0 Å². The normalized spacial score (nSPS) is 12.1. The lowest BCUT2D eigenvalue weighted by Crippen LogP contribution is -1.90. The van der Waals surface area contributed by atoms with Gasteiger partial charge < -0.3 is 4.42 Å². The lowest BCUT2D eigenvalue weighted by atomic mass is 9.91. The largest absolute Gasteiger partial charge is 0.455 e. The molecule has 7 rings (SSSR count). The highest BCUT2D eigenvalue weighted by atomic mass is 16.3. The van der Waals surface area contributed by atoms with Crippen molar-refractivity contribution in [3.63, 3.8) is 0 Å². The van der Waals surface area contributed by atoms with Crippen molar-refractivity contribution in [2.24, 2.45) is 0 Å². The topological polar surface area (TPSA) is 13.1 Å². The third-order valence-corrected chi connectivity index (χ3v) is 8.23. The molecule has 0 atom stereocenters. The third-order valence-electron chi connectivity index (χ3n) is 8.23. The van der Waals surface area contributed by atoms with Crippen molar-refractivity contribution in [1.82, 2.24) is 0 Å². The van der Waals surface area contributed by atoms with E-state index in [-0.39, 0.29) is 0 Å². The smallest absolute Gasteiger partial charge is 0.143 e. The van der Waals surface area contributed by atoms with E-state index in [4.69, 9.17) is 4.42 Å². The van der Waals surface area contributed by atoms with E-state index < -0.39 is 0 Å². The standard InChI is InChI=1S/C38H32O/c1-23(2)27-17-18-37-35(19-27)36-22-29(24(3)4)21-34(38(36)39-37)26-15-13-25(14-16-26)33-20-28-9-5-6-10-30(28)31-11-7-8-12-32(31)33/h5-24H,1-4H3. The summed E-state index contributed by atoms with van der Waals surface area (Å²) < 4.78 is 6.53. The Morgan fingerprint density at radius 1 is 0.462 bits per heavy atom. The zero-order chi connectivity index (χ0) is 26.7. The van der Waals surface area contributed by atoms with Gasteiger partial charge in [0.1, 0.15) is 11.2 Å². The first-order valence-corrected chi connectivity index (χ1v) is 14.0. The summed E-state index contributed by atoms with van der Waals surface area (Å²) in [4.78, 5) is 0. The minimum atomic E-state index is 0.426. The van der Waals surface area contributed by atoms with Crippen LogP contribution in [0.25, 0.3) is 65.7 Å². The van der Waals surface area contributed by atoms with Gasteiger partial charge >= 0.3 is 0 Å². The maximum atomic E-state index is 6.53. The summed E-state index contributed by atoms with van der Waals surface area (Å²) in [5.41, 5.74) is 9.43. The van der Waals surface area contributed by atoms with Crippen LogP contribution in [0.3, 0.4) is 0 Å². The molecule has 0 fully saturated rings. The number of hydrogen-bond acceptors (Lipinski definition) is 1. The molecule has 0 saturated heterocycles. The van der Waals surface area contributed by atoms with Crippen molar-refractivity contribution < 1.29 is 4.42 Å². The van der Waals surface area contributed by atoms with Gasteiger partial charge in [0.05, 0.1) is 0 Å². The quantitative estimate of drug-likeness (QED) is 0.217. The van der Waals surface area contributed by atoms with Gasteiger partial charge in [0, 0.05) is 16.3 Å². The summed E-state index contributed by atoms with van der Waals surface area (Å²) in [6.07, 6.45) is 0. The van der Waals surface area contributed by atoms with E-state index in [1.807, 2.05) is 0 Å². The zero-order valence-corrected chi connectivity index (χ0v) is 23.0. The molecule has 0 aliphatic rings. The Bertz CT molecular complexity index is 2000. The third kappa shape index (κ3) is 3.92. The van der Waals surface area contributed by atoms with E-state index in [1.165, 1.54) is 60.1 Å². The predicted octanol–water partition coefficient (Wildman–Crippen LogP) is 11.5. The van der Waals surface area contributed by atoms with Gasteiger partial charge in [0.2, 0.25) is 0 Å². The van der Waals surface area contributed by atoms with Crippen molar-refractivity contribution in [2.45, 2.75) is 39.5 Å². The molecule has 190 valence electrons. The maximum Gasteiger partial charge on any atom is 0.143 e. The minimum absolute atomic E-state index is 0.426. The molecule has 1 nitrogen and oxygen atoms in total. The molecule has 0 unspecified atom stereocenters. The van der Waals surface area contributed by atoms with Crippen LogP contribution in [-0.4, -0.2) is 0 Å². The summed E-state index contributed by atoms with van der Waals surface area (Å²) in [7, 11) is 0. The fourth-order valence-electron chi connectivity index (χ4n) is 5.95. The Hall–Kier alpha value is -4.36. The Labute approximate surface area is 229 Å². The van der Waals surface area contributed by atoms with Crippen molar-refractivity contribution >= 4 is 43.5 Å². The van der Waals surface area contributed by atoms with Crippen LogP contribution in [0.2, 0.25) is 0 Å². The molecule has 39 heavy (non-hydrogen) atoms. The first-order valence-electron chi connectivity index (χ1n) is 14.0. The molecule has 0 saturated carbocycles. The first kappa shape index (κ1) is 23.7. The van der Waals surface area contributed by atoms with Gasteiger partial charge in [-0.3, -0.25) is 0 Å². The number of benzene rings is 6. The van der Waals surface area contributed by atoms with Crippen LogP contribution in [0.5, 0.6) is 0 Å². The van der Waals surface area contributed by atoms with E-state index in [0.29, 0.717) is 11.8 Å². The molecule has 1 aromatic heterocycles. The Morgan fingerprint density at radius 2 is 1.08 bits per heavy atom. The van der Waals surface area contributed by atoms with E-state index in [1.54, 1.807) is 0 Å². The average Bonchev–Trinajstić information content (AvgIpc) is 3.34. The second-order valence-corrected chi connectivity index (χ2v) is 11.4. The van der Waals surface area contributed by atoms with Crippen LogP contribution in [0.1, 0.15) is 50.7 Å². The van der Waals surface area contributed by atoms with Crippen LogP contribution >= 0.6 is 0 Å². The summed E-state index contributed by atoms with van der Waals surface area (Å²) in [6, 6.07) is 40.1. The van der Waals surface area contributed by atoms with E-state index in [0.717, 1.165) is 16.7 Å². The van der Waals surface area contributed by atoms with Gasteiger partial charge in [-0.05, 0) is 91.5 Å². The van der Waals surface area contributed by atoms with Crippen LogP contribution in [-0.2, 0) is 0 Å². The fourth-order valence-corrected chi connectivity index (χ4v) is 5.95. The number of hydrogen-bond donors (Lipinski definition) is 0. The Kier molecular flexibility index (Phi) is 5.56. The predicted molar refractivity (Wildman–Crippen MR) is 168 cm³/mol. The van der Waals surface area contributed by atoms with E-state index in [2.05, 4.69) is 137 Å². The van der Waals surface area contributed by atoms with Gasteiger partial charge in [-0.15, -0.1) is 0 Å². The molecule has 7 aromatic rings. The Morgan fingerprint density at radius 3 is 1.79 bits per heavy atom. The van der Waals surface area contributed by atoms with Gasteiger partial charge in [-0.25, -0.2) is 0 Å². The molecular formula is C38H32O. The molecule has 0 aliphatic carbocycles. The van der Waals surface area contributed by atoms with Crippen LogP contribution < -0.4 is 0 Å².